The van der Waals surface area contributed by atoms with Crippen LogP contribution in [0.3, 0.4) is 0 Å². The molecule has 104 valence electrons. The van der Waals surface area contributed by atoms with Crippen LogP contribution < -0.4 is 4.72 Å². The minimum atomic E-state index is -4.10. The second-order valence-corrected chi connectivity index (χ2v) is 5.92. The molecule has 1 atom stereocenters. The molecule has 0 aliphatic carbocycles. The van der Waals surface area contributed by atoms with E-state index in [1.54, 1.807) is 0 Å². The molecule has 0 saturated heterocycles. The number of carbonyl (C=O) groups is 1. The molecule has 0 amide bonds. The summed E-state index contributed by atoms with van der Waals surface area (Å²) in [6.07, 6.45) is 0. The average Bonchev–Trinajstić information content (AvgIpc) is 2.28. The van der Waals surface area contributed by atoms with Crippen LogP contribution in [-0.4, -0.2) is 25.2 Å². The summed E-state index contributed by atoms with van der Waals surface area (Å²) in [5, 5.41) is 10.5. The highest BCUT2D eigenvalue weighted by molar-refractivity contribution is 7.89. The number of carbonyl (C=O) groups excluding carboxylic acids is 1. The molecule has 0 aromatic heterocycles. The van der Waals surface area contributed by atoms with E-state index in [2.05, 4.69) is 4.72 Å². The Morgan fingerprint density at radius 2 is 2.05 bits per heavy atom. The second-order valence-electron chi connectivity index (χ2n) is 3.83. The molecule has 0 fully saturated rings. The molecule has 0 bridgehead atoms. The molecule has 9 heteroatoms. The number of hydrogen-bond donors (Lipinski definition) is 1. The van der Waals surface area contributed by atoms with Gasteiger partial charge in [0.1, 0.15) is 10.7 Å². The Hall–Kier alpha value is -1.51. The number of hydrogen-bond acceptors (Lipinski definition) is 5. The van der Waals surface area contributed by atoms with Crippen LogP contribution in [0.25, 0.3) is 0 Å². The van der Waals surface area contributed by atoms with Gasteiger partial charge in [-0.3, -0.25) is 14.9 Å². The lowest BCUT2D eigenvalue weighted by atomic mass is 10.3. The summed E-state index contributed by atoms with van der Waals surface area (Å²) < 4.78 is 26.0. The molecule has 0 heterocycles. The van der Waals surface area contributed by atoms with Crippen molar-refractivity contribution in [2.45, 2.75) is 24.8 Å². The summed E-state index contributed by atoms with van der Waals surface area (Å²) in [6.45, 7) is 2.59. The van der Waals surface area contributed by atoms with E-state index in [-0.39, 0.29) is 10.8 Å². The van der Waals surface area contributed by atoms with Crippen molar-refractivity contribution in [3.05, 3.63) is 33.3 Å². The first-order valence-corrected chi connectivity index (χ1v) is 6.98. The predicted molar refractivity (Wildman–Crippen MR) is 68.6 cm³/mol. The van der Waals surface area contributed by atoms with Crippen LogP contribution in [0.5, 0.6) is 0 Å². The van der Waals surface area contributed by atoms with E-state index < -0.39 is 31.6 Å². The lowest BCUT2D eigenvalue weighted by Gasteiger charge is -2.12. The lowest BCUT2D eigenvalue weighted by Crippen LogP contribution is -2.37. The highest BCUT2D eigenvalue weighted by Crippen LogP contribution is 2.26. The monoisotopic (exact) mass is 306 g/mol. The number of ketones is 1. The first-order valence-electron chi connectivity index (χ1n) is 5.12. The number of rotatable bonds is 5. The number of nitrogens with one attached hydrogen (secondary N) is 1. The molecule has 7 nitrogen and oxygen atoms in total. The predicted octanol–water partition coefficient (Wildman–Crippen LogP) is 1.50. The third-order valence-electron chi connectivity index (χ3n) is 2.36. The molecule has 1 aromatic rings. The van der Waals surface area contributed by atoms with Crippen LogP contribution in [0.2, 0.25) is 5.02 Å². The Morgan fingerprint density at radius 3 is 2.53 bits per heavy atom. The quantitative estimate of drug-likeness (QED) is 0.655. The molecular formula is C10H11ClN2O5S. The third-order valence-corrected chi connectivity index (χ3v) is 4.38. The van der Waals surface area contributed by atoms with Gasteiger partial charge in [-0.05, 0) is 19.9 Å². The highest BCUT2D eigenvalue weighted by Gasteiger charge is 2.24. The van der Waals surface area contributed by atoms with E-state index in [1.807, 2.05) is 0 Å². The Labute approximate surface area is 114 Å². The van der Waals surface area contributed by atoms with Gasteiger partial charge in [-0.1, -0.05) is 11.6 Å². The van der Waals surface area contributed by atoms with E-state index in [0.29, 0.717) is 0 Å². The summed E-state index contributed by atoms with van der Waals surface area (Å²) in [4.78, 5) is 20.5. The third kappa shape index (κ3) is 3.72. The van der Waals surface area contributed by atoms with Gasteiger partial charge in [0.25, 0.3) is 5.69 Å². The Morgan fingerprint density at radius 1 is 1.47 bits per heavy atom. The first-order chi connectivity index (χ1) is 8.65. The minimum absolute atomic E-state index is 0.158. The van der Waals surface area contributed by atoms with Crippen molar-refractivity contribution >= 4 is 33.1 Å². The Balaban J connectivity index is 3.24. The van der Waals surface area contributed by atoms with Crippen molar-refractivity contribution in [2.24, 2.45) is 0 Å². The van der Waals surface area contributed by atoms with Crippen molar-refractivity contribution in [3.63, 3.8) is 0 Å². The van der Waals surface area contributed by atoms with Gasteiger partial charge < -0.3 is 0 Å². The summed E-state index contributed by atoms with van der Waals surface area (Å²) in [5.74, 6) is -0.384. The molecule has 1 rings (SSSR count). The van der Waals surface area contributed by atoms with Crippen molar-refractivity contribution in [1.29, 1.82) is 0 Å². The zero-order chi connectivity index (χ0) is 14.8. The van der Waals surface area contributed by atoms with Gasteiger partial charge in [0.2, 0.25) is 10.0 Å². The number of nitro groups is 1. The fraction of sp³-hybridized carbons (Fsp3) is 0.300. The van der Waals surface area contributed by atoms with Crippen LogP contribution in [0.4, 0.5) is 5.69 Å². The highest BCUT2D eigenvalue weighted by atomic mass is 35.5. The van der Waals surface area contributed by atoms with Crippen molar-refractivity contribution in [2.75, 3.05) is 0 Å². The van der Waals surface area contributed by atoms with E-state index in [0.717, 1.165) is 18.2 Å². The SMILES string of the molecule is CC(=O)C(C)NS(=O)(=O)c1cc([N+](=O)[O-])ccc1Cl. The second kappa shape index (κ2) is 5.64. The number of nitrogens with zero attached hydrogens (tertiary/aromatic N) is 1. The molecule has 1 aromatic carbocycles. The van der Waals surface area contributed by atoms with Gasteiger partial charge in [-0.25, -0.2) is 13.1 Å². The average molecular weight is 307 g/mol. The lowest BCUT2D eigenvalue weighted by molar-refractivity contribution is -0.385. The standard InChI is InChI=1S/C10H11ClN2O5S/c1-6(7(2)14)12-19(17,18)10-5-8(13(15)16)3-4-9(10)11/h3-6,12H,1-2H3. The number of sulfonamides is 1. The van der Waals surface area contributed by atoms with Crippen LogP contribution in [0.15, 0.2) is 23.1 Å². The maximum Gasteiger partial charge on any atom is 0.270 e. The normalized spacial score (nSPS) is 13.0. The van der Waals surface area contributed by atoms with Crippen LogP contribution in [0, 0.1) is 10.1 Å². The zero-order valence-electron chi connectivity index (χ0n) is 10.1. The summed E-state index contributed by atoms with van der Waals surface area (Å²) in [7, 11) is -4.10. The van der Waals surface area contributed by atoms with Gasteiger partial charge >= 0.3 is 0 Å². The van der Waals surface area contributed by atoms with Crippen molar-refractivity contribution in [3.8, 4) is 0 Å². The Bertz CT molecular complexity index is 629. The number of benzene rings is 1. The fourth-order valence-electron chi connectivity index (χ4n) is 1.19. The van der Waals surface area contributed by atoms with Crippen molar-refractivity contribution < 1.29 is 18.1 Å². The maximum absolute atomic E-state index is 12.0. The van der Waals surface area contributed by atoms with Gasteiger partial charge in [0.15, 0.2) is 0 Å². The zero-order valence-corrected chi connectivity index (χ0v) is 11.7. The fourth-order valence-corrected chi connectivity index (χ4v) is 2.97. The van der Waals surface area contributed by atoms with E-state index in [4.69, 9.17) is 11.6 Å². The number of Topliss-reactive ketones (excluding diaryl/α,β-unsaturated/α-hetero) is 1. The van der Waals surface area contributed by atoms with E-state index in [1.165, 1.54) is 13.8 Å². The molecular weight excluding hydrogens is 296 g/mol. The minimum Gasteiger partial charge on any atom is -0.298 e. The summed E-state index contributed by atoms with van der Waals surface area (Å²) >= 11 is 5.72. The van der Waals surface area contributed by atoms with E-state index in [9.17, 15) is 23.3 Å². The number of nitro benzene ring substituents is 1. The van der Waals surface area contributed by atoms with E-state index >= 15 is 0 Å². The number of halogens is 1. The number of non-ortho nitro benzene ring substituents is 1. The summed E-state index contributed by atoms with van der Waals surface area (Å²) in [6, 6.07) is 2.11. The van der Waals surface area contributed by atoms with Crippen LogP contribution in [0.1, 0.15) is 13.8 Å². The van der Waals surface area contributed by atoms with Crippen LogP contribution in [-0.2, 0) is 14.8 Å². The molecule has 1 N–H and O–H groups in total. The molecule has 0 radical (unpaired) electrons. The van der Waals surface area contributed by atoms with Gasteiger partial charge in [-0.15, -0.1) is 0 Å². The van der Waals surface area contributed by atoms with Gasteiger partial charge in [0.05, 0.1) is 16.0 Å². The molecule has 0 spiro atoms. The Kier molecular flexibility index (Phi) is 4.61. The maximum atomic E-state index is 12.0. The molecule has 19 heavy (non-hydrogen) atoms. The summed E-state index contributed by atoms with van der Waals surface area (Å²) in [5.41, 5.74) is -0.403. The molecule has 1 unspecified atom stereocenters. The molecule has 0 aliphatic rings. The van der Waals surface area contributed by atoms with Gasteiger partial charge in [-0.2, -0.15) is 0 Å². The van der Waals surface area contributed by atoms with Crippen molar-refractivity contribution in [1.82, 2.24) is 4.72 Å². The van der Waals surface area contributed by atoms with Crippen LogP contribution >= 0.6 is 11.6 Å². The first kappa shape index (κ1) is 15.5. The topological polar surface area (TPSA) is 106 Å². The molecule has 0 aliphatic heterocycles. The smallest absolute Gasteiger partial charge is 0.270 e. The van der Waals surface area contributed by atoms with Gasteiger partial charge in [0, 0.05) is 12.1 Å². The largest absolute Gasteiger partial charge is 0.298 e. The molecule has 0 saturated carbocycles.